The topological polar surface area (TPSA) is 59.0 Å². The SMILES string of the molecule is Cc1ccc(-n2ncc(C(=O)NCc3ccc(F)cc3)c2C2CCNCC2)cc1.Cl. The first-order chi connectivity index (χ1) is 14.1. The van der Waals surface area contributed by atoms with E-state index in [0.717, 1.165) is 42.9 Å². The van der Waals surface area contributed by atoms with Crippen molar-refractivity contribution in [2.24, 2.45) is 0 Å². The summed E-state index contributed by atoms with van der Waals surface area (Å²) in [6.45, 7) is 4.26. The van der Waals surface area contributed by atoms with Crippen molar-refractivity contribution >= 4 is 18.3 Å². The standard InChI is InChI=1S/C23H25FN4O.ClH/c1-16-2-8-20(9-3-16)28-22(18-10-12-25-13-11-18)21(15-27-28)23(29)26-14-17-4-6-19(24)7-5-17;/h2-9,15,18,25H,10-14H2,1H3,(H,26,29);1H. The molecule has 0 bridgehead atoms. The Morgan fingerprint density at radius 2 is 1.80 bits per heavy atom. The summed E-state index contributed by atoms with van der Waals surface area (Å²) in [6.07, 6.45) is 3.60. The second kappa shape index (κ2) is 9.87. The van der Waals surface area contributed by atoms with Crippen LogP contribution in [0.1, 0.15) is 45.9 Å². The number of hydrogen-bond acceptors (Lipinski definition) is 3. The minimum Gasteiger partial charge on any atom is -0.348 e. The van der Waals surface area contributed by atoms with Gasteiger partial charge in [0.1, 0.15) is 5.82 Å². The highest BCUT2D eigenvalue weighted by molar-refractivity contribution is 5.95. The van der Waals surface area contributed by atoms with Crippen molar-refractivity contribution in [3.05, 3.63) is 82.9 Å². The second-order valence-corrected chi connectivity index (χ2v) is 7.52. The molecule has 7 heteroatoms. The van der Waals surface area contributed by atoms with Gasteiger partial charge in [-0.15, -0.1) is 12.4 Å². The Kier molecular flexibility index (Phi) is 7.24. The minimum absolute atomic E-state index is 0. The molecule has 1 fully saturated rings. The molecule has 0 radical (unpaired) electrons. The van der Waals surface area contributed by atoms with Crippen LogP contribution >= 0.6 is 12.4 Å². The van der Waals surface area contributed by atoms with Crippen molar-refractivity contribution in [1.29, 1.82) is 0 Å². The zero-order chi connectivity index (χ0) is 20.2. The fourth-order valence-electron chi connectivity index (χ4n) is 3.79. The molecular weight excluding hydrogens is 403 g/mol. The summed E-state index contributed by atoms with van der Waals surface area (Å²) in [4.78, 5) is 13.0. The van der Waals surface area contributed by atoms with E-state index >= 15 is 0 Å². The number of benzene rings is 2. The molecule has 30 heavy (non-hydrogen) atoms. The number of nitrogens with one attached hydrogen (secondary N) is 2. The lowest BCUT2D eigenvalue weighted by Crippen LogP contribution is -2.30. The third kappa shape index (κ3) is 4.89. The lowest BCUT2D eigenvalue weighted by Gasteiger charge is -2.24. The molecular formula is C23H26ClFN4O. The molecule has 0 spiro atoms. The first-order valence-corrected chi connectivity index (χ1v) is 10.00. The molecule has 2 heterocycles. The van der Waals surface area contributed by atoms with Gasteiger partial charge in [0.05, 0.1) is 23.1 Å². The van der Waals surface area contributed by atoms with Crippen LogP contribution < -0.4 is 10.6 Å². The number of carbonyl (C=O) groups is 1. The van der Waals surface area contributed by atoms with Gasteiger partial charge in [-0.1, -0.05) is 29.8 Å². The van der Waals surface area contributed by atoms with Crippen molar-refractivity contribution in [2.45, 2.75) is 32.2 Å². The number of nitrogens with zero attached hydrogens (tertiary/aromatic N) is 2. The number of aromatic nitrogens is 2. The Labute approximate surface area is 182 Å². The first kappa shape index (κ1) is 22.0. The summed E-state index contributed by atoms with van der Waals surface area (Å²) in [5, 5.41) is 10.9. The van der Waals surface area contributed by atoms with Crippen LogP contribution in [0, 0.1) is 12.7 Å². The Hall–Kier alpha value is -2.70. The molecule has 0 saturated carbocycles. The highest BCUT2D eigenvalue weighted by atomic mass is 35.5. The van der Waals surface area contributed by atoms with Crippen LogP contribution in [0.15, 0.2) is 54.7 Å². The highest BCUT2D eigenvalue weighted by Crippen LogP contribution is 2.30. The molecule has 1 amide bonds. The number of carbonyl (C=O) groups excluding carboxylic acids is 1. The maximum Gasteiger partial charge on any atom is 0.255 e. The average Bonchev–Trinajstić information content (AvgIpc) is 3.19. The van der Waals surface area contributed by atoms with Gasteiger partial charge in [0, 0.05) is 12.5 Å². The zero-order valence-corrected chi connectivity index (χ0v) is 17.7. The van der Waals surface area contributed by atoms with Crippen molar-refractivity contribution in [3.63, 3.8) is 0 Å². The molecule has 2 aromatic carbocycles. The summed E-state index contributed by atoms with van der Waals surface area (Å²) >= 11 is 0. The van der Waals surface area contributed by atoms with Gasteiger partial charge in [0.25, 0.3) is 5.91 Å². The molecule has 1 aromatic heterocycles. The normalized spacial score (nSPS) is 14.2. The van der Waals surface area contributed by atoms with Crippen molar-refractivity contribution in [2.75, 3.05) is 13.1 Å². The fraction of sp³-hybridized carbons (Fsp3) is 0.304. The predicted octanol–water partition coefficient (Wildman–Crippen LogP) is 4.14. The van der Waals surface area contributed by atoms with E-state index in [-0.39, 0.29) is 30.0 Å². The molecule has 158 valence electrons. The fourth-order valence-corrected chi connectivity index (χ4v) is 3.79. The summed E-state index contributed by atoms with van der Waals surface area (Å²) < 4.78 is 15.0. The van der Waals surface area contributed by atoms with Crippen LogP contribution in [0.5, 0.6) is 0 Å². The molecule has 3 aromatic rings. The zero-order valence-electron chi connectivity index (χ0n) is 16.9. The van der Waals surface area contributed by atoms with Gasteiger partial charge in [-0.2, -0.15) is 5.10 Å². The summed E-state index contributed by atoms with van der Waals surface area (Å²) in [7, 11) is 0. The molecule has 2 N–H and O–H groups in total. The summed E-state index contributed by atoms with van der Waals surface area (Å²) in [5.74, 6) is -0.166. The largest absolute Gasteiger partial charge is 0.348 e. The minimum atomic E-state index is -0.285. The highest BCUT2D eigenvalue weighted by Gasteiger charge is 2.26. The van der Waals surface area contributed by atoms with E-state index < -0.39 is 0 Å². The van der Waals surface area contributed by atoms with Crippen LogP contribution in [-0.4, -0.2) is 28.8 Å². The van der Waals surface area contributed by atoms with Crippen LogP contribution in [0.2, 0.25) is 0 Å². The molecule has 0 aliphatic carbocycles. The number of halogens is 2. The third-order valence-electron chi connectivity index (χ3n) is 5.42. The van der Waals surface area contributed by atoms with E-state index in [1.165, 1.54) is 17.7 Å². The number of rotatable bonds is 5. The van der Waals surface area contributed by atoms with Crippen molar-refractivity contribution in [1.82, 2.24) is 20.4 Å². The lowest BCUT2D eigenvalue weighted by atomic mass is 9.91. The number of amides is 1. The van der Waals surface area contributed by atoms with Crippen LogP contribution in [0.25, 0.3) is 5.69 Å². The predicted molar refractivity (Wildman–Crippen MR) is 118 cm³/mol. The Balaban J connectivity index is 0.00000256. The van der Waals surface area contributed by atoms with Crippen molar-refractivity contribution < 1.29 is 9.18 Å². The molecule has 1 saturated heterocycles. The second-order valence-electron chi connectivity index (χ2n) is 7.52. The van der Waals surface area contributed by atoms with E-state index in [1.807, 2.05) is 16.8 Å². The number of hydrogen-bond donors (Lipinski definition) is 2. The van der Waals surface area contributed by atoms with E-state index in [1.54, 1.807) is 18.3 Å². The van der Waals surface area contributed by atoms with Gasteiger partial charge in [-0.3, -0.25) is 4.79 Å². The van der Waals surface area contributed by atoms with E-state index in [0.29, 0.717) is 12.1 Å². The monoisotopic (exact) mass is 428 g/mol. The maximum atomic E-state index is 13.1. The van der Waals surface area contributed by atoms with E-state index in [4.69, 9.17) is 0 Å². The van der Waals surface area contributed by atoms with Gasteiger partial charge in [-0.25, -0.2) is 9.07 Å². The molecule has 0 unspecified atom stereocenters. The first-order valence-electron chi connectivity index (χ1n) is 10.00. The molecule has 1 aliphatic heterocycles. The van der Waals surface area contributed by atoms with Crippen LogP contribution in [0.3, 0.4) is 0 Å². The Morgan fingerprint density at radius 3 is 2.47 bits per heavy atom. The molecule has 1 aliphatic rings. The lowest BCUT2D eigenvalue weighted by molar-refractivity contribution is 0.0949. The van der Waals surface area contributed by atoms with E-state index in [9.17, 15) is 9.18 Å². The van der Waals surface area contributed by atoms with Crippen LogP contribution in [-0.2, 0) is 6.54 Å². The number of piperidine rings is 1. The Bertz CT molecular complexity index is 979. The molecule has 5 nitrogen and oxygen atoms in total. The maximum absolute atomic E-state index is 13.1. The smallest absolute Gasteiger partial charge is 0.255 e. The molecule has 4 rings (SSSR count). The third-order valence-corrected chi connectivity index (χ3v) is 5.42. The van der Waals surface area contributed by atoms with Gasteiger partial charge in [0.15, 0.2) is 0 Å². The van der Waals surface area contributed by atoms with Gasteiger partial charge < -0.3 is 10.6 Å². The van der Waals surface area contributed by atoms with Crippen LogP contribution in [0.4, 0.5) is 4.39 Å². The summed E-state index contributed by atoms with van der Waals surface area (Å²) in [5.41, 5.74) is 4.57. The quantitative estimate of drug-likeness (QED) is 0.642. The van der Waals surface area contributed by atoms with Gasteiger partial charge in [0.2, 0.25) is 0 Å². The van der Waals surface area contributed by atoms with Gasteiger partial charge >= 0.3 is 0 Å². The van der Waals surface area contributed by atoms with Gasteiger partial charge in [-0.05, 0) is 62.7 Å². The Morgan fingerprint density at radius 1 is 1.13 bits per heavy atom. The summed E-state index contributed by atoms with van der Waals surface area (Å²) in [6, 6.07) is 14.3. The molecule has 0 atom stereocenters. The number of aryl methyl sites for hydroxylation is 1. The average molecular weight is 429 g/mol. The van der Waals surface area contributed by atoms with Crippen molar-refractivity contribution in [3.8, 4) is 5.69 Å². The van der Waals surface area contributed by atoms with E-state index in [2.05, 4.69) is 34.8 Å².